The molecule has 2 bridgehead atoms. The average Bonchev–Trinajstić information content (AvgIpc) is 3.14. The van der Waals surface area contributed by atoms with Gasteiger partial charge in [0.15, 0.2) is 0 Å². The Morgan fingerprint density at radius 2 is 2.14 bits per heavy atom. The Balaban J connectivity index is 1.51. The summed E-state index contributed by atoms with van der Waals surface area (Å²) in [6.07, 6.45) is 8.51. The molecule has 108 valence electrons. The number of pyridine rings is 1. The lowest BCUT2D eigenvalue weighted by atomic mass is 9.73. The third-order valence-corrected chi connectivity index (χ3v) is 5.22. The van der Waals surface area contributed by atoms with E-state index in [0.717, 1.165) is 24.4 Å². The number of hydrogen-bond donors (Lipinski definition) is 0. The van der Waals surface area contributed by atoms with Crippen LogP contribution < -0.4 is 4.74 Å². The highest BCUT2D eigenvalue weighted by Gasteiger charge is 2.52. The predicted octanol–water partition coefficient (Wildman–Crippen LogP) is 2.14. The molecule has 3 saturated heterocycles. The van der Waals surface area contributed by atoms with Crippen LogP contribution in [0.4, 0.5) is 0 Å². The van der Waals surface area contributed by atoms with Gasteiger partial charge in [-0.3, -0.25) is 4.90 Å². The number of rotatable bonds is 1. The molecule has 21 heavy (non-hydrogen) atoms. The minimum atomic E-state index is -0.0406. The van der Waals surface area contributed by atoms with Gasteiger partial charge in [0.25, 0.3) is 0 Å². The zero-order chi connectivity index (χ0) is 13.9. The number of nitrogens with zero attached hydrogens (tertiary/aromatic N) is 3. The second kappa shape index (κ2) is 4.07. The van der Waals surface area contributed by atoms with E-state index in [1.54, 1.807) is 18.7 Å². The van der Waals surface area contributed by atoms with Gasteiger partial charge in [-0.2, -0.15) is 0 Å². The molecule has 1 spiro atoms. The molecule has 5 heteroatoms. The van der Waals surface area contributed by atoms with E-state index in [4.69, 9.17) is 9.15 Å². The lowest BCUT2D eigenvalue weighted by Crippen LogP contribution is -2.61. The van der Waals surface area contributed by atoms with Crippen molar-refractivity contribution in [2.45, 2.75) is 24.9 Å². The maximum absolute atomic E-state index is 6.34. The van der Waals surface area contributed by atoms with E-state index in [0.29, 0.717) is 11.8 Å². The number of ether oxygens (including phenoxy) is 1. The van der Waals surface area contributed by atoms with Crippen molar-refractivity contribution in [1.82, 2.24) is 14.9 Å². The summed E-state index contributed by atoms with van der Waals surface area (Å²) < 4.78 is 11.7. The van der Waals surface area contributed by atoms with Crippen LogP contribution in [0.2, 0.25) is 0 Å². The lowest BCUT2D eigenvalue weighted by molar-refractivity contribution is -0.0814. The summed E-state index contributed by atoms with van der Waals surface area (Å²) in [4.78, 5) is 11.2. The van der Waals surface area contributed by atoms with Gasteiger partial charge in [0, 0.05) is 30.6 Å². The molecule has 0 saturated carbocycles. The Hall–Kier alpha value is -1.88. The fourth-order valence-corrected chi connectivity index (χ4v) is 4.19. The van der Waals surface area contributed by atoms with Gasteiger partial charge in [-0.25, -0.2) is 9.97 Å². The molecule has 0 aromatic carbocycles. The fraction of sp³-hybridized carbons (Fsp3) is 0.500. The van der Waals surface area contributed by atoms with Gasteiger partial charge in [0.2, 0.25) is 11.8 Å². The zero-order valence-corrected chi connectivity index (χ0v) is 11.8. The minimum Gasteiger partial charge on any atom is -0.469 e. The number of piperidine rings is 3. The zero-order valence-electron chi connectivity index (χ0n) is 11.8. The molecule has 0 radical (unpaired) electrons. The first-order valence-electron chi connectivity index (χ1n) is 7.63. The third-order valence-electron chi connectivity index (χ3n) is 5.22. The molecule has 0 amide bonds. The summed E-state index contributed by atoms with van der Waals surface area (Å²) in [5, 5.41) is 0. The molecule has 0 unspecified atom stereocenters. The number of hydrogen-bond acceptors (Lipinski definition) is 5. The summed E-state index contributed by atoms with van der Waals surface area (Å²) in [5.74, 6) is 2.10. The summed E-state index contributed by atoms with van der Waals surface area (Å²) in [6, 6.07) is 2.13. The average molecular weight is 283 g/mol. The highest BCUT2D eigenvalue weighted by atomic mass is 16.5. The maximum Gasteiger partial charge on any atom is 0.227 e. The topological polar surface area (TPSA) is 51.4 Å². The van der Waals surface area contributed by atoms with E-state index in [1.807, 2.05) is 0 Å². The van der Waals surface area contributed by atoms with Crippen molar-refractivity contribution in [3.63, 3.8) is 0 Å². The van der Waals surface area contributed by atoms with Gasteiger partial charge >= 0.3 is 0 Å². The van der Waals surface area contributed by atoms with Crippen molar-refractivity contribution in [1.29, 1.82) is 0 Å². The Bertz CT molecular complexity index is 677. The first-order chi connectivity index (χ1) is 10.3. The molecule has 0 aliphatic carbocycles. The van der Waals surface area contributed by atoms with Gasteiger partial charge < -0.3 is 9.15 Å². The molecule has 5 nitrogen and oxygen atoms in total. The van der Waals surface area contributed by atoms with Crippen LogP contribution in [0.5, 0.6) is 5.88 Å². The standard InChI is InChI=1S/C16H17N3O2/c1-4-19-5-2-13(1)16(10-19)8-11-7-12(9-18-15(11)21-16)14-17-3-6-20-14/h3,6-7,9,13H,1-2,4-5,8,10H2/t16-/m0/s1. The highest BCUT2D eigenvalue weighted by molar-refractivity contribution is 5.55. The molecule has 2 aromatic rings. The van der Waals surface area contributed by atoms with Crippen LogP contribution in [0.15, 0.2) is 29.1 Å². The van der Waals surface area contributed by atoms with E-state index < -0.39 is 0 Å². The summed E-state index contributed by atoms with van der Waals surface area (Å²) in [5.41, 5.74) is 2.08. The normalized spacial score (nSPS) is 33.1. The Morgan fingerprint density at radius 3 is 2.86 bits per heavy atom. The minimum absolute atomic E-state index is 0.0406. The van der Waals surface area contributed by atoms with E-state index in [1.165, 1.54) is 31.5 Å². The first-order valence-corrected chi connectivity index (χ1v) is 7.63. The molecular weight excluding hydrogens is 266 g/mol. The van der Waals surface area contributed by atoms with Gasteiger partial charge in [0.05, 0.1) is 11.8 Å². The lowest BCUT2D eigenvalue weighted by Gasteiger charge is -2.50. The van der Waals surface area contributed by atoms with Crippen molar-refractivity contribution in [3.05, 3.63) is 30.3 Å². The largest absolute Gasteiger partial charge is 0.469 e. The van der Waals surface area contributed by atoms with E-state index in [9.17, 15) is 0 Å². The Morgan fingerprint density at radius 1 is 1.24 bits per heavy atom. The molecule has 1 atom stereocenters. The predicted molar refractivity (Wildman–Crippen MR) is 76.0 cm³/mol. The van der Waals surface area contributed by atoms with Crippen molar-refractivity contribution in [2.75, 3.05) is 19.6 Å². The Kier molecular flexibility index (Phi) is 2.28. The second-order valence-electron chi connectivity index (χ2n) is 6.42. The Labute approximate surface area is 122 Å². The molecule has 3 fully saturated rings. The molecule has 4 aliphatic heterocycles. The molecule has 2 aromatic heterocycles. The van der Waals surface area contributed by atoms with Gasteiger partial charge in [-0.1, -0.05) is 0 Å². The molecule has 0 N–H and O–H groups in total. The summed E-state index contributed by atoms with van der Waals surface area (Å²) in [6.45, 7) is 3.49. The molecule has 4 aliphatic rings. The van der Waals surface area contributed by atoms with Crippen LogP contribution in [0.3, 0.4) is 0 Å². The van der Waals surface area contributed by atoms with Crippen LogP contribution in [-0.4, -0.2) is 40.1 Å². The second-order valence-corrected chi connectivity index (χ2v) is 6.42. The number of aromatic nitrogens is 2. The van der Waals surface area contributed by atoms with Gasteiger partial charge in [-0.15, -0.1) is 0 Å². The third kappa shape index (κ3) is 1.67. The van der Waals surface area contributed by atoms with Crippen LogP contribution in [-0.2, 0) is 6.42 Å². The quantitative estimate of drug-likeness (QED) is 0.802. The first kappa shape index (κ1) is 11.7. The van der Waals surface area contributed by atoms with E-state index >= 15 is 0 Å². The van der Waals surface area contributed by atoms with Crippen LogP contribution in [0.25, 0.3) is 11.5 Å². The SMILES string of the molecule is c1coc(-c2cnc3c(c2)C[C@@]2(CN4CCC2CC4)O3)n1. The highest BCUT2D eigenvalue weighted by Crippen LogP contribution is 2.46. The molecule has 6 rings (SSSR count). The molecular formula is C16H17N3O2. The fourth-order valence-electron chi connectivity index (χ4n) is 4.19. The van der Waals surface area contributed by atoms with Crippen LogP contribution in [0.1, 0.15) is 18.4 Å². The van der Waals surface area contributed by atoms with Crippen molar-refractivity contribution < 1.29 is 9.15 Å². The van der Waals surface area contributed by atoms with Gasteiger partial charge in [0.1, 0.15) is 11.9 Å². The van der Waals surface area contributed by atoms with E-state index in [-0.39, 0.29) is 5.60 Å². The summed E-state index contributed by atoms with van der Waals surface area (Å²) >= 11 is 0. The van der Waals surface area contributed by atoms with Crippen molar-refractivity contribution in [3.8, 4) is 17.3 Å². The van der Waals surface area contributed by atoms with Crippen molar-refractivity contribution >= 4 is 0 Å². The van der Waals surface area contributed by atoms with Crippen molar-refractivity contribution in [2.24, 2.45) is 5.92 Å². The van der Waals surface area contributed by atoms with Crippen LogP contribution >= 0.6 is 0 Å². The smallest absolute Gasteiger partial charge is 0.227 e. The van der Waals surface area contributed by atoms with Gasteiger partial charge in [-0.05, 0) is 32.0 Å². The van der Waals surface area contributed by atoms with Crippen LogP contribution in [0, 0.1) is 5.92 Å². The molecule has 6 heterocycles. The summed E-state index contributed by atoms with van der Waals surface area (Å²) in [7, 11) is 0. The monoisotopic (exact) mass is 283 g/mol. The number of fused-ring (bicyclic) bond motifs is 3. The number of oxazole rings is 1. The van der Waals surface area contributed by atoms with E-state index in [2.05, 4.69) is 20.9 Å². The maximum atomic E-state index is 6.34.